The van der Waals surface area contributed by atoms with Crippen molar-refractivity contribution < 1.29 is 14.3 Å². The molecule has 1 aromatic heterocycles. The second-order valence-electron chi connectivity index (χ2n) is 8.11. The Hall–Kier alpha value is -2.77. The van der Waals surface area contributed by atoms with Crippen LogP contribution >= 0.6 is 0 Å². The second-order valence-corrected chi connectivity index (χ2v) is 8.11. The fourth-order valence-electron chi connectivity index (χ4n) is 3.47. The quantitative estimate of drug-likeness (QED) is 0.679. The summed E-state index contributed by atoms with van der Waals surface area (Å²) in [6, 6.07) is 5.62. The monoisotopic (exact) mass is 416 g/mol. The summed E-state index contributed by atoms with van der Waals surface area (Å²) in [4.78, 5) is 24.8. The van der Waals surface area contributed by atoms with Gasteiger partial charge in [-0.2, -0.15) is 5.10 Å². The standard InChI is InChI=1S/C22H32N4O4/c1-16(2)10-12-30-18-9-8-17(13-19(18)29-3)14-23-21(27)15-26-22(28)25-11-6-4-5-7-20(25)24-26/h8-9,13,16H,4-7,10-12,14-15H2,1-3H3,(H,23,27). The maximum Gasteiger partial charge on any atom is 0.346 e. The maximum atomic E-state index is 12.5. The molecule has 1 aromatic carbocycles. The van der Waals surface area contributed by atoms with Crippen molar-refractivity contribution in [2.45, 2.75) is 65.6 Å². The van der Waals surface area contributed by atoms with Gasteiger partial charge in [0.1, 0.15) is 12.4 Å². The number of benzene rings is 1. The van der Waals surface area contributed by atoms with Crippen molar-refractivity contribution in [1.29, 1.82) is 0 Å². The van der Waals surface area contributed by atoms with Gasteiger partial charge in [-0.1, -0.05) is 26.3 Å². The van der Waals surface area contributed by atoms with Crippen LogP contribution in [0.3, 0.4) is 0 Å². The molecule has 8 nitrogen and oxygen atoms in total. The number of ether oxygens (including phenoxy) is 2. The van der Waals surface area contributed by atoms with E-state index in [9.17, 15) is 9.59 Å². The third kappa shape index (κ3) is 5.64. The number of carbonyl (C=O) groups excluding carboxylic acids is 1. The lowest BCUT2D eigenvalue weighted by atomic mass is 10.1. The number of hydrogen-bond donors (Lipinski definition) is 1. The highest BCUT2D eigenvalue weighted by Gasteiger charge is 2.17. The minimum absolute atomic E-state index is 0.0770. The minimum atomic E-state index is -0.249. The van der Waals surface area contributed by atoms with E-state index >= 15 is 0 Å². The lowest BCUT2D eigenvalue weighted by molar-refractivity contribution is -0.122. The van der Waals surface area contributed by atoms with Gasteiger partial charge in [-0.3, -0.25) is 9.36 Å². The third-order valence-corrected chi connectivity index (χ3v) is 5.25. The first-order valence-electron chi connectivity index (χ1n) is 10.7. The summed E-state index contributed by atoms with van der Waals surface area (Å²) >= 11 is 0. The molecular formula is C22H32N4O4. The Morgan fingerprint density at radius 3 is 2.83 bits per heavy atom. The number of rotatable bonds is 9. The molecule has 30 heavy (non-hydrogen) atoms. The van der Waals surface area contributed by atoms with Crippen molar-refractivity contribution in [2.24, 2.45) is 5.92 Å². The van der Waals surface area contributed by atoms with E-state index in [2.05, 4.69) is 24.3 Å². The van der Waals surface area contributed by atoms with E-state index in [4.69, 9.17) is 9.47 Å². The summed E-state index contributed by atoms with van der Waals surface area (Å²) in [5.74, 6) is 2.44. The Kier molecular flexibility index (Phi) is 7.54. The Morgan fingerprint density at radius 2 is 2.07 bits per heavy atom. The van der Waals surface area contributed by atoms with Gasteiger partial charge < -0.3 is 14.8 Å². The molecule has 164 valence electrons. The van der Waals surface area contributed by atoms with E-state index < -0.39 is 0 Å². The van der Waals surface area contributed by atoms with E-state index in [1.807, 2.05) is 18.2 Å². The van der Waals surface area contributed by atoms with Gasteiger partial charge in [0, 0.05) is 19.5 Å². The number of nitrogens with zero attached hydrogens (tertiary/aromatic N) is 3. The van der Waals surface area contributed by atoms with Crippen LogP contribution in [-0.2, 0) is 30.8 Å². The second kappa shape index (κ2) is 10.3. The molecular weight excluding hydrogens is 384 g/mol. The average Bonchev–Trinajstić information content (AvgIpc) is 2.88. The highest BCUT2D eigenvalue weighted by Crippen LogP contribution is 2.28. The van der Waals surface area contributed by atoms with E-state index in [-0.39, 0.29) is 18.1 Å². The molecule has 0 aliphatic carbocycles. The van der Waals surface area contributed by atoms with Crippen LogP contribution in [0.25, 0.3) is 0 Å². The van der Waals surface area contributed by atoms with Gasteiger partial charge in [0.15, 0.2) is 11.5 Å². The van der Waals surface area contributed by atoms with E-state index in [0.717, 1.165) is 43.5 Å². The van der Waals surface area contributed by atoms with Crippen molar-refractivity contribution >= 4 is 5.91 Å². The Bertz CT molecular complexity index is 916. The van der Waals surface area contributed by atoms with Gasteiger partial charge in [0.05, 0.1) is 13.7 Å². The van der Waals surface area contributed by atoms with Crippen molar-refractivity contribution in [2.75, 3.05) is 13.7 Å². The summed E-state index contributed by atoms with van der Waals surface area (Å²) in [5.41, 5.74) is 0.691. The van der Waals surface area contributed by atoms with Crippen LogP contribution in [0.1, 0.15) is 50.9 Å². The SMILES string of the molecule is COc1cc(CNC(=O)Cn2nc3n(c2=O)CCCCC3)ccc1OCCC(C)C. The van der Waals surface area contributed by atoms with Crippen LogP contribution in [0.2, 0.25) is 0 Å². The zero-order valence-electron chi connectivity index (χ0n) is 18.1. The number of hydrogen-bond acceptors (Lipinski definition) is 5. The van der Waals surface area contributed by atoms with Crippen molar-refractivity contribution in [3.63, 3.8) is 0 Å². The molecule has 1 N–H and O–H groups in total. The van der Waals surface area contributed by atoms with Crippen LogP contribution in [0, 0.1) is 5.92 Å². The number of carbonyl (C=O) groups is 1. The molecule has 0 radical (unpaired) electrons. The van der Waals surface area contributed by atoms with Gasteiger partial charge in [-0.05, 0) is 42.9 Å². The van der Waals surface area contributed by atoms with Gasteiger partial charge in [0.2, 0.25) is 5.91 Å². The summed E-state index contributed by atoms with van der Waals surface area (Å²) < 4.78 is 14.2. The number of methoxy groups -OCH3 is 1. The van der Waals surface area contributed by atoms with E-state index in [0.29, 0.717) is 37.1 Å². The zero-order chi connectivity index (χ0) is 21.5. The summed E-state index contributed by atoms with van der Waals surface area (Å²) in [5, 5.41) is 7.21. The molecule has 1 amide bonds. The molecule has 2 heterocycles. The molecule has 0 saturated carbocycles. The van der Waals surface area contributed by atoms with Gasteiger partial charge in [-0.25, -0.2) is 9.48 Å². The molecule has 1 aliphatic heterocycles. The van der Waals surface area contributed by atoms with E-state index in [1.165, 1.54) is 4.68 Å². The summed E-state index contributed by atoms with van der Waals surface area (Å²) in [6.45, 7) is 5.88. The van der Waals surface area contributed by atoms with Crippen LogP contribution in [0.15, 0.2) is 23.0 Å². The minimum Gasteiger partial charge on any atom is -0.493 e. The molecule has 0 spiro atoms. The van der Waals surface area contributed by atoms with E-state index in [1.54, 1.807) is 11.7 Å². The largest absolute Gasteiger partial charge is 0.493 e. The normalized spacial score (nSPS) is 13.6. The van der Waals surface area contributed by atoms with Crippen molar-refractivity contribution in [1.82, 2.24) is 19.7 Å². The number of amides is 1. The summed E-state index contributed by atoms with van der Waals surface area (Å²) in [6.07, 6.45) is 4.87. The fraction of sp³-hybridized carbons (Fsp3) is 0.591. The number of nitrogens with one attached hydrogen (secondary N) is 1. The molecule has 0 fully saturated rings. The van der Waals surface area contributed by atoms with Crippen molar-refractivity contribution in [3.05, 3.63) is 40.1 Å². The van der Waals surface area contributed by atoms with Crippen LogP contribution in [0.4, 0.5) is 0 Å². The predicted molar refractivity (Wildman–Crippen MR) is 114 cm³/mol. The average molecular weight is 417 g/mol. The van der Waals surface area contributed by atoms with Crippen molar-refractivity contribution in [3.8, 4) is 11.5 Å². The molecule has 0 saturated heterocycles. The van der Waals surface area contributed by atoms with Gasteiger partial charge in [0.25, 0.3) is 0 Å². The highest BCUT2D eigenvalue weighted by molar-refractivity contribution is 5.75. The molecule has 0 atom stereocenters. The van der Waals surface area contributed by atoms with Gasteiger partial charge >= 0.3 is 5.69 Å². The van der Waals surface area contributed by atoms with Gasteiger partial charge in [-0.15, -0.1) is 0 Å². The Balaban J connectivity index is 1.56. The first-order chi connectivity index (χ1) is 14.5. The molecule has 0 bridgehead atoms. The molecule has 1 aliphatic rings. The molecule has 2 aromatic rings. The van der Waals surface area contributed by atoms with Crippen LogP contribution in [-0.4, -0.2) is 34.0 Å². The first kappa shape index (κ1) is 21.9. The van der Waals surface area contributed by atoms with Crippen LogP contribution < -0.4 is 20.5 Å². The molecule has 8 heteroatoms. The lowest BCUT2D eigenvalue weighted by Crippen LogP contribution is -2.33. The number of aryl methyl sites for hydroxylation is 1. The third-order valence-electron chi connectivity index (χ3n) is 5.25. The fourth-order valence-corrected chi connectivity index (χ4v) is 3.47. The first-order valence-corrected chi connectivity index (χ1v) is 10.7. The van der Waals surface area contributed by atoms with Crippen LogP contribution in [0.5, 0.6) is 11.5 Å². The smallest absolute Gasteiger partial charge is 0.346 e. The topological polar surface area (TPSA) is 87.4 Å². The number of fused-ring (bicyclic) bond motifs is 1. The lowest BCUT2D eigenvalue weighted by Gasteiger charge is -2.13. The maximum absolute atomic E-state index is 12.5. The molecule has 3 rings (SSSR count). The Morgan fingerprint density at radius 1 is 1.23 bits per heavy atom. The Labute approximate surface area is 177 Å². The molecule has 0 unspecified atom stereocenters. The summed E-state index contributed by atoms with van der Waals surface area (Å²) in [7, 11) is 1.60. The zero-order valence-corrected chi connectivity index (χ0v) is 18.1. The predicted octanol–water partition coefficient (Wildman–Crippen LogP) is 2.52. The highest BCUT2D eigenvalue weighted by atomic mass is 16.5. The number of aromatic nitrogens is 3.